The molecule has 128 valence electrons. The molecule has 0 N–H and O–H groups in total. The fraction of sp³-hybridized carbons (Fsp3) is 0.222. The SMILES string of the molecule is CSCc1ccc(C=O)c(Cl)c1.CSCc1ccc(C=O)c(Cl)c1. The molecular weight excluding hydrogens is 383 g/mol. The summed E-state index contributed by atoms with van der Waals surface area (Å²) in [5.74, 6) is 1.86. The fourth-order valence-corrected chi connectivity index (χ4v) is 3.37. The average Bonchev–Trinajstić information content (AvgIpc) is 2.56. The smallest absolute Gasteiger partial charge is 0.151 e. The molecule has 0 spiro atoms. The summed E-state index contributed by atoms with van der Waals surface area (Å²) < 4.78 is 0. The number of hydrogen-bond acceptors (Lipinski definition) is 4. The van der Waals surface area contributed by atoms with Crippen LogP contribution >= 0.6 is 46.7 Å². The number of carbonyl (C=O) groups is 2. The van der Waals surface area contributed by atoms with Crippen LogP contribution in [0, 0.1) is 0 Å². The number of thioether (sulfide) groups is 2. The van der Waals surface area contributed by atoms with Gasteiger partial charge in [-0.15, -0.1) is 0 Å². The lowest BCUT2D eigenvalue weighted by molar-refractivity contribution is 0.111. The molecule has 2 aromatic rings. The van der Waals surface area contributed by atoms with E-state index in [1.54, 1.807) is 35.7 Å². The topological polar surface area (TPSA) is 34.1 Å². The summed E-state index contributed by atoms with van der Waals surface area (Å²) >= 11 is 15.1. The van der Waals surface area contributed by atoms with E-state index in [4.69, 9.17) is 23.2 Å². The van der Waals surface area contributed by atoms with Crippen molar-refractivity contribution < 1.29 is 9.59 Å². The first kappa shape index (κ1) is 21.1. The lowest BCUT2D eigenvalue weighted by Gasteiger charge is -2.00. The second kappa shape index (κ2) is 11.6. The van der Waals surface area contributed by atoms with Crippen LogP contribution in [0.5, 0.6) is 0 Å². The maximum absolute atomic E-state index is 10.4. The second-order valence-corrected chi connectivity index (χ2v) is 7.36. The first-order valence-corrected chi connectivity index (χ1v) is 10.5. The molecule has 0 atom stereocenters. The molecule has 0 aliphatic heterocycles. The second-order valence-electron chi connectivity index (χ2n) is 4.81. The molecule has 6 heteroatoms. The Labute approximate surface area is 161 Å². The Kier molecular flexibility index (Phi) is 10.2. The Hall–Kier alpha value is -0.940. The van der Waals surface area contributed by atoms with Gasteiger partial charge in [-0.05, 0) is 47.9 Å². The highest BCUT2D eigenvalue weighted by molar-refractivity contribution is 7.98. The molecule has 0 saturated heterocycles. The van der Waals surface area contributed by atoms with E-state index in [1.807, 2.05) is 36.8 Å². The van der Waals surface area contributed by atoms with Crippen molar-refractivity contribution in [3.8, 4) is 0 Å². The largest absolute Gasteiger partial charge is 0.298 e. The first-order chi connectivity index (χ1) is 11.5. The summed E-state index contributed by atoms with van der Waals surface area (Å²) in [6.45, 7) is 0. The van der Waals surface area contributed by atoms with Gasteiger partial charge >= 0.3 is 0 Å². The molecule has 2 rings (SSSR count). The maximum atomic E-state index is 10.4. The average molecular weight is 401 g/mol. The normalized spacial score (nSPS) is 9.83. The van der Waals surface area contributed by atoms with Gasteiger partial charge in [0.2, 0.25) is 0 Å². The van der Waals surface area contributed by atoms with Crippen molar-refractivity contribution in [2.24, 2.45) is 0 Å². The number of aldehydes is 2. The van der Waals surface area contributed by atoms with Crippen LogP contribution in [-0.2, 0) is 11.5 Å². The van der Waals surface area contributed by atoms with Gasteiger partial charge in [-0.25, -0.2) is 0 Å². The predicted molar refractivity (Wildman–Crippen MR) is 108 cm³/mol. The molecule has 24 heavy (non-hydrogen) atoms. The molecule has 0 fully saturated rings. The summed E-state index contributed by atoms with van der Waals surface area (Å²) in [5.41, 5.74) is 3.42. The fourth-order valence-electron chi connectivity index (χ4n) is 1.85. The Morgan fingerprint density at radius 1 is 0.792 bits per heavy atom. The van der Waals surface area contributed by atoms with Gasteiger partial charge in [-0.2, -0.15) is 23.5 Å². The number of benzene rings is 2. The van der Waals surface area contributed by atoms with Gasteiger partial charge in [0.05, 0.1) is 10.0 Å². The van der Waals surface area contributed by atoms with Crippen LogP contribution in [0.1, 0.15) is 31.8 Å². The minimum atomic E-state index is 0.538. The van der Waals surface area contributed by atoms with Gasteiger partial charge in [0, 0.05) is 22.6 Å². The first-order valence-electron chi connectivity index (χ1n) is 7.00. The number of hydrogen-bond donors (Lipinski definition) is 0. The van der Waals surface area contributed by atoms with Gasteiger partial charge in [0.25, 0.3) is 0 Å². The minimum Gasteiger partial charge on any atom is -0.298 e. The van der Waals surface area contributed by atoms with Crippen LogP contribution in [0.3, 0.4) is 0 Å². The van der Waals surface area contributed by atoms with Crippen molar-refractivity contribution in [2.45, 2.75) is 11.5 Å². The zero-order valence-electron chi connectivity index (χ0n) is 13.4. The molecule has 0 aromatic heterocycles. The van der Waals surface area contributed by atoms with E-state index in [0.29, 0.717) is 21.2 Å². The van der Waals surface area contributed by atoms with Gasteiger partial charge in [0.1, 0.15) is 0 Å². The van der Waals surface area contributed by atoms with Crippen molar-refractivity contribution in [1.29, 1.82) is 0 Å². The Balaban J connectivity index is 0.000000240. The van der Waals surface area contributed by atoms with Crippen LogP contribution in [-0.4, -0.2) is 25.1 Å². The molecule has 2 nitrogen and oxygen atoms in total. The molecule has 0 bridgehead atoms. The summed E-state index contributed by atoms with van der Waals surface area (Å²) in [6, 6.07) is 11.0. The standard InChI is InChI=1S/2C9H9ClOS/c2*1-12-6-7-2-3-8(5-11)9(10)4-7/h2*2-5H,6H2,1H3. The van der Waals surface area contributed by atoms with Crippen LogP contribution < -0.4 is 0 Å². The molecular formula is C18H18Cl2O2S2. The summed E-state index contributed by atoms with van der Waals surface area (Å²) in [7, 11) is 0. The summed E-state index contributed by atoms with van der Waals surface area (Å²) in [5, 5.41) is 1.08. The molecule has 0 unspecified atom stereocenters. The lowest BCUT2D eigenvalue weighted by Crippen LogP contribution is -1.85. The highest BCUT2D eigenvalue weighted by Crippen LogP contribution is 2.19. The van der Waals surface area contributed by atoms with Gasteiger partial charge < -0.3 is 0 Å². The molecule has 0 aliphatic carbocycles. The van der Waals surface area contributed by atoms with E-state index in [0.717, 1.165) is 35.2 Å². The van der Waals surface area contributed by atoms with Crippen molar-refractivity contribution in [3.05, 3.63) is 68.7 Å². The van der Waals surface area contributed by atoms with Crippen LogP contribution in [0.4, 0.5) is 0 Å². The number of halogens is 2. The number of rotatable bonds is 6. The van der Waals surface area contributed by atoms with Crippen molar-refractivity contribution in [1.82, 2.24) is 0 Å². The molecule has 0 amide bonds. The lowest BCUT2D eigenvalue weighted by atomic mass is 10.2. The zero-order chi connectivity index (χ0) is 17.9. The third-order valence-electron chi connectivity index (χ3n) is 3.01. The predicted octanol–water partition coefficient (Wildman–Crippen LogP) is 6.03. The highest BCUT2D eigenvalue weighted by atomic mass is 35.5. The molecule has 2 aromatic carbocycles. The monoisotopic (exact) mass is 400 g/mol. The quantitative estimate of drug-likeness (QED) is 0.554. The van der Waals surface area contributed by atoms with E-state index < -0.39 is 0 Å². The third-order valence-corrected chi connectivity index (χ3v) is 4.90. The molecule has 0 radical (unpaired) electrons. The summed E-state index contributed by atoms with van der Waals surface area (Å²) in [6.07, 6.45) is 5.60. The van der Waals surface area contributed by atoms with Crippen molar-refractivity contribution >= 4 is 59.3 Å². The van der Waals surface area contributed by atoms with Crippen molar-refractivity contribution in [2.75, 3.05) is 12.5 Å². The van der Waals surface area contributed by atoms with E-state index in [-0.39, 0.29) is 0 Å². The Morgan fingerprint density at radius 2 is 1.17 bits per heavy atom. The zero-order valence-corrected chi connectivity index (χ0v) is 16.6. The summed E-state index contributed by atoms with van der Waals surface area (Å²) in [4.78, 5) is 20.8. The highest BCUT2D eigenvalue weighted by Gasteiger charge is 2.00. The van der Waals surface area contributed by atoms with Crippen molar-refractivity contribution in [3.63, 3.8) is 0 Å². The number of carbonyl (C=O) groups excluding carboxylic acids is 2. The van der Waals surface area contributed by atoms with Crippen LogP contribution in [0.2, 0.25) is 10.0 Å². The maximum Gasteiger partial charge on any atom is 0.151 e. The minimum absolute atomic E-state index is 0.538. The molecule has 0 saturated carbocycles. The Morgan fingerprint density at radius 3 is 1.42 bits per heavy atom. The van der Waals surface area contributed by atoms with E-state index >= 15 is 0 Å². The molecule has 0 heterocycles. The van der Waals surface area contributed by atoms with Gasteiger partial charge in [0.15, 0.2) is 12.6 Å². The van der Waals surface area contributed by atoms with Gasteiger partial charge in [-0.3, -0.25) is 9.59 Å². The van der Waals surface area contributed by atoms with E-state index in [2.05, 4.69) is 0 Å². The van der Waals surface area contributed by atoms with Crippen LogP contribution in [0.15, 0.2) is 36.4 Å². The van der Waals surface area contributed by atoms with Gasteiger partial charge in [-0.1, -0.05) is 35.3 Å². The van der Waals surface area contributed by atoms with Crippen LogP contribution in [0.25, 0.3) is 0 Å². The van der Waals surface area contributed by atoms with E-state index in [1.165, 1.54) is 0 Å². The van der Waals surface area contributed by atoms with E-state index in [9.17, 15) is 9.59 Å². The third kappa shape index (κ3) is 6.89. The molecule has 0 aliphatic rings. The Bertz CT molecular complexity index is 631.